The zero-order valence-corrected chi connectivity index (χ0v) is 13.2. The first-order valence-electron chi connectivity index (χ1n) is 5.62. The Morgan fingerprint density at radius 1 is 1.55 bits per heavy atom. The fourth-order valence-corrected chi connectivity index (χ4v) is 3.21. The molecule has 1 aromatic carbocycles. The molecule has 3 N–H and O–H groups in total. The number of carbonyl (C=O) groups excluding carboxylic acids is 1. The van der Waals surface area contributed by atoms with Crippen LogP contribution in [0, 0.1) is 5.82 Å². The summed E-state index contributed by atoms with van der Waals surface area (Å²) in [5, 5.41) is 0. The van der Waals surface area contributed by atoms with Crippen molar-refractivity contribution in [2.24, 2.45) is 0 Å². The van der Waals surface area contributed by atoms with E-state index in [0.29, 0.717) is 0 Å². The lowest BCUT2D eigenvalue weighted by Gasteiger charge is -2.14. The fourth-order valence-electron chi connectivity index (χ4n) is 1.39. The first kappa shape index (κ1) is 16.9. The van der Waals surface area contributed by atoms with Gasteiger partial charge >= 0.3 is 5.97 Å². The second-order valence-electron chi connectivity index (χ2n) is 3.90. The molecule has 112 valence electrons. The Kier molecular flexibility index (Phi) is 5.49. The molecule has 9 heteroatoms. The third kappa shape index (κ3) is 3.90. The summed E-state index contributed by atoms with van der Waals surface area (Å²) >= 11 is 2.88. The molecule has 0 radical (unpaired) electrons. The van der Waals surface area contributed by atoms with Crippen LogP contribution < -0.4 is 10.5 Å². The van der Waals surface area contributed by atoms with E-state index >= 15 is 0 Å². The van der Waals surface area contributed by atoms with Gasteiger partial charge in [-0.25, -0.2) is 12.8 Å². The summed E-state index contributed by atoms with van der Waals surface area (Å²) in [6.07, 6.45) is 0. The van der Waals surface area contributed by atoms with E-state index in [2.05, 4.69) is 20.7 Å². The Balaban J connectivity index is 3.06. The lowest BCUT2D eigenvalue weighted by molar-refractivity contribution is -0.144. The van der Waals surface area contributed by atoms with E-state index in [1.54, 1.807) is 6.92 Å². The monoisotopic (exact) mass is 368 g/mol. The highest BCUT2D eigenvalue weighted by molar-refractivity contribution is 9.10. The lowest BCUT2D eigenvalue weighted by Crippen LogP contribution is -2.39. The quantitative estimate of drug-likeness (QED) is 0.604. The van der Waals surface area contributed by atoms with E-state index in [0.717, 1.165) is 12.1 Å². The normalized spacial score (nSPS) is 13.0. The predicted molar refractivity (Wildman–Crippen MR) is 74.9 cm³/mol. The molecule has 0 bridgehead atoms. The summed E-state index contributed by atoms with van der Waals surface area (Å²) in [6.45, 7) is 3.08. The second-order valence-corrected chi connectivity index (χ2v) is 6.44. The topological polar surface area (TPSA) is 98.5 Å². The first-order valence-corrected chi connectivity index (χ1v) is 7.90. The lowest BCUT2D eigenvalue weighted by atomic mass is 10.3. The number of rotatable bonds is 5. The van der Waals surface area contributed by atoms with Crippen molar-refractivity contribution >= 4 is 37.6 Å². The van der Waals surface area contributed by atoms with Crippen LogP contribution in [0.4, 0.5) is 10.1 Å². The maximum Gasteiger partial charge on any atom is 0.323 e. The molecule has 0 saturated carbocycles. The summed E-state index contributed by atoms with van der Waals surface area (Å²) in [7, 11) is -4.07. The number of nitrogens with one attached hydrogen (secondary N) is 1. The average molecular weight is 369 g/mol. The standard InChI is InChI=1S/C11H14BrFN2O4S/c1-3-19-11(16)6(2)15-20(17,18)10-4-7(12)8(13)5-9(10)14/h4-6,15H,3,14H2,1-2H3. The molecule has 6 nitrogen and oxygen atoms in total. The summed E-state index contributed by atoms with van der Waals surface area (Å²) in [6, 6.07) is 0.835. The van der Waals surface area contributed by atoms with Crippen LogP contribution in [0.15, 0.2) is 21.5 Å². The van der Waals surface area contributed by atoms with E-state index in [9.17, 15) is 17.6 Å². The van der Waals surface area contributed by atoms with Crippen molar-refractivity contribution in [2.45, 2.75) is 24.8 Å². The molecule has 1 unspecified atom stereocenters. The van der Waals surface area contributed by atoms with Gasteiger partial charge in [0.1, 0.15) is 16.8 Å². The number of ether oxygens (including phenoxy) is 1. The van der Waals surface area contributed by atoms with E-state index in [1.165, 1.54) is 6.92 Å². The van der Waals surface area contributed by atoms with Gasteiger partial charge in [0, 0.05) is 0 Å². The van der Waals surface area contributed by atoms with Gasteiger partial charge in [0.05, 0.1) is 16.8 Å². The highest BCUT2D eigenvalue weighted by Gasteiger charge is 2.25. The zero-order chi connectivity index (χ0) is 15.5. The highest BCUT2D eigenvalue weighted by Crippen LogP contribution is 2.26. The third-order valence-electron chi connectivity index (χ3n) is 2.31. The predicted octanol–water partition coefficient (Wildman–Crippen LogP) is 1.40. The molecule has 1 atom stereocenters. The number of hydrogen-bond donors (Lipinski definition) is 2. The summed E-state index contributed by atoms with van der Waals surface area (Å²) in [4.78, 5) is 11.1. The number of sulfonamides is 1. The van der Waals surface area contributed by atoms with Crippen LogP contribution in [0.3, 0.4) is 0 Å². The van der Waals surface area contributed by atoms with Crippen molar-refractivity contribution in [3.63, 3.8) is 0 Å². The van der Waals surface area contributed by atoms with Gasteiger partial charge in [-0.1, -0.05) is 0 Å². The maximum atomic E-state index is 13.2. The van der Waals surface area contributed by atoms with Crippen LogP contribution in [0.1, 0.15) is 13.8 Å². The summed E-state index contributed by atoms with van der Waals surface area (Å²) in [5.41, 5.74) is 5.24. The minimum Gasteiger partial charge on any atom is -0.465 e. The Labute approximate surface area is 124 Å². The molecule has 0 aliphatic rings. The summed E-state index contributed by atoms with van der Waals surface area (Å²) in [5.74, 6) is -1.39. The van der Waals surface area contributed by atoms with Crippen LogP contribution >= 0.6 is 15.9 Å². The van der Waals surface area contributed by atoms with E-state index < -0.39 is 27.9 Å². The number of nitrogens with two attached hydrogens (primary N) is 1. The number of hydrogen-bond acceptors (Lipinski definition) is 5. The molecular weight excluding hydrogens is 355 g/mol. The van der Waals surface area contributed by atoms with Gasteiger partial charge in [-0.15, -0.1) is 0 Å². The number of nitrogen functional groups attached to an aromatic ring is 1. The van der Waals surface area contributed by atoms with Crippen LogP contribution in [0.5, 0.6) is 0 Å². The van der Waals surface area contributed by atoms with Crippen molar-refractivity contribution in [3.05, 3.63) is 22.4 Å². The molecular formula is C11H14BrFN2O4S. The molecule has 0 aliphatic heterocycles. The van der Waals surface area contributed by atoms with Gasteiger partial charge in [0.25, 0.3) is 0 Å². The van der Waals surface area contributed by atoms with E-state index in [4.69, 9.17) is 10.5 Å². The molecule has 0 spiro atoms. The van der Waals surface area contributed by atoms with Crippen LogP contribution in [-0.4, -0.2) is 27.0 Å². The highest BCUT2D eigenvalue weighted by atomic mass is 79.9. The minimum atomic E-state index is -4.07. The number of anilines is 1. The van der Waals surface area contributed by atoms with Crippen LogP contribution in [-0.2, 0) is 19.6 Å². The van der Waals surface area contributed by atoms with Crippen molar-refractivity contribution in [1.82, 2.24) is 4.72 Å². The molecule has 0 amide bonds. The van der Waals surface area contributed by atoms with Crippen LogP contribution in [0.2, 0.25) is 0 Å². The molecule has 0 aromatic heterocycles. The van der Waals surface area contributed by atoms with Crippen molar-refractivity contribution in [1.29, 1.82) is 0 Å². The maximum absolute atomic E-state index is 13.2. The Hall–Kier alpha value is -1.19. The van der Waals surface area contributed by atoms with Gasteiger partial charge in [0.15, 0.2) is 0 Å². The Bertz CT molecular complexity index is 621. The second kappa shape index (κ2) is 6.51. The molecule has 0 fully saturated rings. The molecule has 1 rings (SSSR count). The largest absolute Gasteiger partial charge is 0.465 e. The molecule has 0 saturated heterocycles. The Morgan fingerprint density at radius 3 is 2.70 bits per heavy atom. The van der Waals surface area contributed by atoms with E-state index in [1.807, 2.05) is 0 Å². The molecule has 0 heterocycles. The number of esters is 1. The van der Waals surface area contributed by atoms with Gasteiger partial charge in [-0.05, 0) is 41.9 Å². The Morgan fingerprint density at radius 2 is 2.15 bits per heavy atom. The van der Waals surface area contributed by atoms with Gasteiger partial charge < -0.3 is 10.5 Å². The van der Waals surface area contributed by atoms with Crippen molar-refractivity contribution in [2.75, 3.05) is 12.3 Å². The van der Waals surface area contributed by atoms with E-state index in [-0.39, 0.29) is 21.7 Å². The van der Waals surface area contributed by atoms with Gasteiger partial charge in [-0.3, -0.25) is 4.79 Å². The molecule has 20 heavy (non-hydrogen) atoms. The fraction of sp³-hybridized carbons (Fsp3) is 0.364. The number of carbonyl (C=O) groups is 1. The van der Waals surface area contributed by atoms with Gasteiger partial charge in [0.2, 0.25) is 10.0 Å². The number of benzene rings is 1. The SMILES string of the molecule is CCOC(=O)C(C)NS(=O)(=O)c1cc(Br)c(F)cc1N. The molecule has 1 aromatic rings. The van der Waals surface area contributed by atoms with Crippen molar-refractivity contribution < 1.29 is 22.3 Å². The smallest absolute Gasteiger partial charge is 0.323 e. The minimum absolute atomic E-state index is 0.0455. The van der Waals surface area contributed by atoms with Gasteiger partial charge in [-0.2, -0.15) is 4.72 Å². The van der Waals surface area contributed by atoms with Crippen molar-refractivity contribution in [3.8, 4) is 0 Å². The third-order valence-corrected chi connectivity index (χ3v) is 4.52. The summed E-state index contributed by atoms with van der Waals surface area (Å²) < 4.78 is 44.2. The van der Waals surface area contributed by atoms with Crippen LogP contribution in [0.25, 0.3) is 0 Å². The number of halogens is 2. The first-order chi connectivity index (χ1) is 9.19. The zero-order valence-electron chi connectivity index (χ0n) is 10.8. The molecule has 0 aliphatic carbocycles. The average Bonchev–Trinajstić information content (AvgIpc) is 2.33.